The Bertz CT molecular complexity index is 1140. The van der Waals surface area contributed by atoms with E-state index in [1.54, 1.807) is 24.3 Å². The van der Waals surface area contributed by atoms with Crippen LogP contribution in [0.25, 0.3) is 11.0 Å². The van der Waals surface area contributed by atoms with Crippen LogP contribution in [0.1, 0.15) is 21.7 Å². The maximum atomic E-state index is 12.5. The first-order valence-corrected chi connectivity index (χ1v) is 9.58. The lowest BCUT2D eigenvalue weighted by Gasteiger charge is -2.11. The predicted molar refractivity (Wildman–Crippen MR) is 113 cm³/mol. The molecule has 1 N–H and O–H groups in total. The van der Waals surface area contributed by atoms with Crippen LogP contribution in [-0.4, -0.2) is 15.5 Å². The molecule has 1 amide bonds. The Balaban J connectivity index is 1.61. The molecule has 3 aromatic carbocycles. The van der Waals surface area contributed by atoms with Crippen LogP contribution in [0.3, 0.4) is 0 Å². The van der Waals surface area contributed by atoms with Gasteiger partial charge in [0.15, 0.2) is 0 Å². The summed E-state index contributed by atoms with van der Waals surface area (Å²) in [6.45, 7) is 0.952. The van der Waals surface area contributed by atoms with Gasteiger partial charge >= 0.3 is 0 Å². The Labute approximate surface area is 172 Å². The number of hydrogen-bond acceptors (Lipinski definition) is 2. The summed E-state index contributed by atoms with van der Waals surface area (Å²) in [6.07, 6.45) is 0. The third kappa shape index (κ3) is 4.03. The van der Waals surface area contributed by atoms with Gasteiger partial charge < -0.3 is 9.88 Å². The van der Waals surface area contributed by atoms with Crippen molar-refractivity contribution in [2.45, 2.75) is 13.1 Å². The number of carbonyl (C=O) groups excluding carboxylic acids is 1. The first-order valence-electron chi connectivity index (χ1n) is 8.82. The molecule has 0 aliphatic carbocycles. The molecule has 4 nitrogen and oxygen atoms in total. The van der Waals surface area contributed by atoms with Gasteiger partial charge in [0.05, 0.1) is 17.6 Å². The van der Waals surface area contributed by atoms with Crippen molar-refractivity contribution in [2.24, 2.45) is 0 Å². The Morgan fingerprint density at radius 1 is 0.929 bits per heavy atom. The molecule has 6 heteroatoms. The van der Waals surface area contributed by atoms with Gasteiger partial charge in [-0.2, -0.15) is 0 Å². The van der Waals surface area contributed by atoms with Gasteiger partial charge in [0, 0.05) is 22.2 Å². The summed E-state index contributed by atoms with van der Waals surface area (Å²) in [7, 11) is 0. The highest BCUT2D eigenvalue weighted by Crippen LogP contribution is 2.19. The number of halogens is 2. The van der Waals surface area contributed by atoms with Gasteiger partial charge in [0.1, 0.15) is 5.82 Å². The largest absolute Gasteiger partial charge is 0.345 e. The van der Waals surface area contributed by atoms with Gasteiger partial charge in [-0.15, -0.1) is 0 Å². The standard InChI is InChI=1S/C22H17Cl2N3O/c23-17-10-8-15(9-11-17)14-27-20-7-2-1-6-19(20)26-21(27)13-25-22(28)16-4-3-5-18(24)12-16/h1-12H,13-14H2,(H,25,28). The smallest absolute Gasteiger partial charge is 0.251 e. The second kappa shape index (κ2) is 8.05. The Hall–Kier alpha value is -2.82. The van der Waals surface area contributed by atoms with Crippen molar-refractivity contribution in [1.82, 2.24) is 14.9 Å². The minimum Gasteiger partial charge on any atom is -0.345 e. The van der Waals surface area contributed by atoms with E-state index in [0.717, 1.165) is 22.4 Å². The number of para-hydroxylation sites is 2. The number of imidazole rings is 1. The summed E-state index contributed by atoms with van der Waals surface area (Å²) < 4.78 is 2.11. The summed E-state index contributed by atoms with van der Waals surface area (Å²) in [5.74, 6) is 0.596. The minimum absolute atomic E-state index is 0.187. The van der Waals surface area contributed by atoms with Crippen LogP contribution in [0.2, 0.25) is 10.0 Å². The number of fused-ring (bicyclic) bond motifs is 1. The van der Waals surface area contributed by atoms with Crippen LogP contribution in [0.5, 0.6) is 0 Å². The summed E-state index contributed by atoms with van der Waals surface area (Å²) in [6, 6.07) is 22.5. The molecule has 0 bridgehead atoms. The second-order valence-corrected chi connectivity index (χ2v) is 7.30. The molecule has 140 valence electrons. The van der Waals surface area contributed by atoms with Crippen molar-refractivity contribution in [3.8, 4) is 0 Å². The third-order valence-electron chi connectivity index (χ3n) is 4.48. The number of benzene rings is 3. The molecule has 0 unspecified atom stereocenters. The molecule has 1 heterocycles. The molecule has 0 saturated heterocycles. The number of carbonyl (C=O) groups is 1. The van der Waals surface area contributed by atoms with E-state index in [0.29, 0.717) is 28.7 Å². The molecule has 4 rings (SSSR count). The lowest BCUT2D eigenvalue weighted by molar-refractivity contribution is 0.0949. The van der Waals surface area contributed by atoms with Crippen molar-refractivity contribution >= 4 is 40.1 Å². The monoisotopic (exact) mass is 409 g/mol. The van der Waals surface area contributed by atoms with Crippen LogP contribution in [-0.2, 0) is 13.1 Å². The summed E-state index contributed by atoms with van der Waals surface area (Å²) in [5.41, 5.74) is 3.54. The van der Waals surface area contributed by atoms with Crippen molar-refractivity contribution < 1.29 is 4.79 Å². The van der Waals surface area contributed by atoms with E-state index in [2.05, 4.69) is 9.88 Å². The van der Waals surface area contributed by atoms with Crippen LogP contribution in [0.15, 0.2) is 72.8 Å². The van der Waals surface area contributed by atoms with Crippen molar-refractivity contribution in [3.05, 3.63) is 99.8 Å². The summed E-state index contributed by atoms with van der Waals surface area (Å²) in [5, 5.41) is 4.17. The normalized spacial score (nSPS) is 10.9. The second-order valence-electron chi connectivity index (χ2n) is 6.42. The van der Waals surface area contributed by atoms with E-state index in [1.807, 2.05) is 48.5 Å². The molecule has 1 aromatic heterocycles. The molecule has 28 heavy (non-hydrogen) atoms. The average Bonchev–Trinajstić information content (AvgIpc) is 3.05. The van der Waals surface area contributed by atoms with Gasteiger partial charge in [-0.05, 0) is 48.0 Å². The number of hydrogen-bond donors (Lipinski definition) is 1. The molecule has 0 fully saturated rings. The maximum absolute atomic E-state index is 12.5. The van der Waals surface area contributed by atoms with Crippen molar-refractivity contribution in [1.29, 1.82) is 0 Å². The van der Waals surface area contributed by atoms with E-state index in [4.69, 9.17) is 28.2 Å². The highest BCUT2D eigenvalue weighted by molar-refractivity contribution is 6.31. The first-order chi connectivity index (χ1) is 13.6. The van der Waals surface area contributed by atoms with Gasteiger partial charge in [-0.3, -0.25) is 4.79 Å². The van der Waals surface area contributed by atoms with Gasteiger partial charge in [-0.1, -0.05) is 53.5 Å². The predicted octanol–water partition coefficient (Wildman–Crippen LogP) is 5.32. The average molecular weight is 410 g/mol. The molecule has 4 aromatic rings. The maximum Gasteiger partial charge on any atom is 0.251 e. The molecular formula is C22H17Cl2N3O. The van der Waals surface area contributed by atoms with E-state index >= 15 is 0 Å². The highest BCUT2D eigenvalue weighted by Gasteiger charge is 2.13. The zero-order chi connectivity index (χ0) is 19.5. The molecule has 0 atom stereocenters. The number of amides is 1. The van der Waals surface area contributed by atoms with Crippen LogP contribution in [0.4, 0.5) is 0 Å². The molecule has 0 aliphatic heterocycles. The molecule has 0 aliphatic rings. The first kappa shape index (κ1) is 18.5. The summed E-state index contributed by atoms with van der Waals surface area (Å²) in [4.78, 5) is 17.2. The Morgan fingerprint density at radius 2 is 1.71 bits per heavy atom. The van der Waals surface area contributed by atoms with E-state index in [9.17, 15) is 4.79 Å². The molecule has 0 radical (unpaired) electrons. The Kier molecular flexibility index (Phi) is 5.33. The highest BCUT2D eigenvalue weighted by atomic mass is 35.5. The van der Waals surface area contributed by atoms with Gasteiger partial charge in [-0.25, -0.2) is 4.98 Å². The SMILES string of the molecule is O=C(NCc1nc2ccccc2n1Cc1ccc(Cl)cc1)c1cccc(Cl)c1. The van der Waals surface area contributed by atoms with Crippen LogP contribution >= 0.6 is 23.2 Å². The molecular weight excluding hydrogens is 393 g/mol. The van der Waals surface area contributed by atoms with E-state index < -0.39 is 0 Å². The van der Waals surface area contributed by atoms with Crippen LogP contribution < -0.4 is 5.32 Å². The molecule has 0 saturated carbocycles. The van der Waals surface area contributed by atoms with E-state index in [1.165, 1.54) is 0 Å². The van der Waals surface area contributed by atoms with Crippen molar-refractivity contribution in [3.63, 3.8) is 0 Å². The lowest BCUT2D eigenvalue weighted by atomic mass is 10.2. The van der Waals surface area contributed by atoms with Crippen molar-refractivity contribution in [2.75, 3.05) is 0 Å². The number of aromatic nitrogens is 2. The summed E-state index contributed by atoms with van der Waals surface area (Å²) >= 11 is 12.0. The lowest BCUT2D eigenvalue weighted by Crippen LogP contribution is -2.24. The Morgan fingerprint density at radius 3 is 2.50 bits per heavy atom. The fourth-order valence-electron chi connectivity index (χ4n) is 3.10. The minimum atomic E-state index is -0.187. The topological polar surface area (TPSA) is 46.9 Å². The van der Waals surface area contributed by atoms with E-state index in [-0.39, 0.29) is 5.91 Å². The number of nitrogens with zero attached hydrogens (tertiary/aromatic N) is 2. The quantitative estimate of drug-likeness (QED) is 0.484. The fraction of sp³-hybridized carbons (Fsp3) is 0.0909. The van der Waals surface area contributed by atoms with Gasteiger partial charge in [0.2, 0.25) is 0 Å². The number of nitrogens with one attached hydrogen (secondary N) is 1. The molecule has 0 spiro atoms. The zero-order valence-corrected chi connectivity index (χ0v) is 16.4. The van der Waals surface area contributed by atoms with Gasteiger partial charge in [0.25, 0.3) is 5.91 Å². The third-order valence-corrected chi connectivity index (χ3v) is 4.97. The zero-order valence-electron chi connectivity index (χ0n) is 14.9. The number of rotatable bonds is 5. The van der Waals surface area contributed by atoms with Crippen LogP contribution in [0, 0.1) is 0 Å². The fourth-order valence-corrected chi connectivity index (χ4v) is 3.42.